The van der Waals surface area contributed by atoms with Crippen LogP contribution >= 0.6 is 50.7 Å². The Labute approximate surface area is 182 Å². The molecule has 0 aromatic heterocycles. The largest absolute Gasteiger partial charge is 0.388 e. The Kier molecular flexibility index (Phi) is 7.07. The number of hydrogen-bond acceptors (Lipinski definition) is 2. The molecule has 0 aliphatic rings. The summed E-state index contributed by atoms with van der Waals surface area (Å²) >= 11 is 21.7. The third-order valence-electron chi connectivity index (χ3n) is 4.24. The van der Waals surface area contributed by atoms with Gasteiger partial charge in [0.2, 0.25) is 0 Å². The molecule has 0 aliphatic heterocycles. The van der Waals surface area contributed by atoms with Crippen LogP contribution in [-0.4, -0.2) is 5.11 Å². The van der Waals surface area contributed by atoms with Crippen LogP contribution in [-0.2, 0) is 0 Å². The van der Waals surface area contributed by atoms with E-state index in [-0.39, 0.29) is 6.04 Å². The Morgan fingerprint density at radius 3 is 2.07 bits per heavy atom. The standard InChI is InChI=1S/C21H17BrCl3NO/c22-15-4-8-17(9-5-15)26-20(14-3-10-18(24)19(25)11-14)12-21(27)13-1-6-16(23)7-2-13/h1-11,20-21,26-27H,12H2. The third kappa shape index (κ3) is 5.63. The monoisotopic (exact) mass is 483 g/mol. The molecule has 0 radical (unpaired) electrons. The summed E-state index contributed by atoms with van der Waals surface area (Å²) < 4.78 is 1.00. The molecule has 0 amide bonds. The molecule has 2 atom stereocenters. The van der Waals surface area contributed by atoms with Crippen molar-refractivity contribution >= 4 is 56.4 Å². The van der Waals surface area contributed by atoms with Gasteiger partial charge in [-0.1, -0.05) is 68.9 Å². The molecule has 2 unspecified atom stereocenters. The lowest BCUT2D eigenvalue weighted by Gasteiger charge is -2.24. The van der Waals surface area contributed by atoms with Gasteiger partial charge in [0.15, 0.2) is 0 Å². The lowest BCUT2D eigenvalue weighted by molar-refractivity contribution is 0.160. The molecular weight excluding hydrogens is 469 g/mol. The van der Waals surface area contributed by atoms with Crippen LogP contribution in [0.4, 0.5) is 5.69 Å². The van der Waals surface area contributed by atoms with Gasteiger partial charge < -0.3 is 10.4 Å². The number of aliphatic hydroxyl groups excluding tert-OH is 1. The molecule has 0 saturated carbocycles. The first-order chi connectivity index (χ1) is 12.9. The number of nitrogens with one attached hydrogen (secondary N) is 1. The molecule has 140 valence electrons. The minimum Gasteiger partial charge on any atom is -0.388 e. The summed E-state index contributed by atoms with van der Waals surface area (Å²) in [5.41, 5.74) is 2.69. The highest BCUT2D eigenvalue weighted by atomic mass is 79.9. The predicted molar refractivity (Wildman–Crippen MR) is 118 cm³/mol. The zero-order valence-electron chi connectivity index (χ0n) is 14.2. The summed E-state index contributed by atoms with van der Waals surface area (Å²) in [4.78, 5) is 0. The van der Waals surface area contributed by atoms with Gasteiger partial charge >= 0.3 is 0 Å². The molecule has 0 aliphatic carbocycles. The van der Waals surface area contributed by atoms with Crippen LogP contribution in [0.2, 0.25) is 15.1 Å². The van der Waals surface area contributed by atoms with E-state index < -0.39 is 6.10 Å². The van der Waals surface area contributed by atoms with Crippen LogP contribution in [0.1, 0.15) is 29.7 Å². The molecule has 3 rings (SSSR count). The van der Waals surface area contributed by atoms with E-state index >= 15 is 0 Å². The van der Waals surface area contributed by atoms with Gasteiger partial charge in [-0.25, -0.2) is 0 Å². The van der Waals surface area contributed by atoms with Crippen molar-refractivity contribution in [2.45, 2.75) is 18.6 Å². The molecule has 2 nitrogen and oxygen atoms in total. The van der Waals surface area contributed by atoms with Crippen molar-refractivity contribution < 1.29 is 5.11 Å². The Morgan fingerprint density at radius 1 is 0.815 bits per heavy atom. The van der Waals surface area contributed by atoms with Crippen LogP contribution in [0.15, 0.2) is 71.2 Å². The van der Waals surface area contributed by atoms with E-state index in [2.05, 4.69) is 21.2 Å². The SMILES string of the molecule is OC(CC(Nc1ccc(Br)cc1)c1ccc(Cl)c(Cl)c1)c1ccc(Cl)cc1. The van der Waals surface area contributed by atoms with Crippen LogP contribution < -0.4 is 5.32 Å². The predicted octanol–water partition coefficient (Wildman–Crippen LogP) is 7.69. The van der Waals surface area contributed by atoms with E-state index in [0.717, 1.165) is 21.3 Å². The fourth-order valence-electron chi connectivity index (χ4n) is 2.80. The topological polar surface area (TPSA) is 32.3 Å². The van der Waals surface area contributed by atoms with Gasteiger partial charge in [0.25, 0.3) is 0 Å². The summed E-state index contributed by atoms with van der Waals surface area (Å²) in [6.45, 7) is 0. The maximum Gasteiger partial charge on any atom is 0.0813 e. The summed E-state index contributed by atoms with van der Waals surface area (Å²) in [6, 6.07) is 20.4. The van der Waals surface area contributed by atoms with Gasteiger partial charge in [-0.05, 0) is 59.7 Å². The molecule has 27 heavy (non-hydrogen) atoms. The smallest absolute Gasteiger partial charge is 0.0813 e. The highest BCUT2D eigenvalue weighted by Crippen LogP contribution is 2.33. The second kappa shape index (κ2) is 9.31. The summed E-state index contributed by atoms with van der Waals surface area (Å²) in [6.07, 6.45) is -0.208. The number of hydrogen-bond donors (Lipinski definition) is 2. The fraction of sp³-hybridized carbons (Fsp3) is 0.143. The first-order valence-corrected chi connectivity index (χ1v) is 10.3. The summed E-state index contributed by atoms with van der Waals surface area (Å²) in [5, 5.41) is 15.8. The molecular formula is C21H17BrCl3NO. The van der Waals surface area contributed by atoms with Gasteiger partial charge in [0.05, 0.1) is 22.2 Å². The second-order valence-electron chi connectivity index (χ2n) is 6.18. The van der Waals surface area contributed by atoms with Crippen LogP contribution in [0.25, 0.3) is 0 Å². The normalized spacial score (nSPS) is 13.2. The van der Waals surface area contributed by atoms with E-state index in [0.29, 0.717) is 21.5 Å². The number of aliphatic hydroxyl groups is 1. The Bertz CT molecular complexity index is 900. The van der Waals surface area contributed by atoms with Crippen molar-refractivity contribution in [3.63, 3.8) is 0 Å². The lowest BCUT2D eigenvalue weighted by Crippen LogP contribution is -2.15. The highest BCUT2D eigenvalue weighted by molar-refractivity contribution is 9.10. The minimum atomic E-state index is -0.662. The van der Waals surface area contributed by atoms with E-state index in [9.17, 15) is 5.11 Å². The molecule has 0 bridgehead atoms. The van der Waals surface area contributed by atoms with Gasteiger partial charge in [0, 0.05) is 21.6 Å². The molecule has 0 saturated heterocycles. The Hall–Kier alpha value is -1.23. The molecule has 3 aromatic carbocycles. The second-order valence-corrected chi connectivity index (χ2v) is 8.35. The van der Waals surface area contributed by atoms with Crippen molar-refractivity contribution in [3.8, 4) is 0 Å². The molecule has 2 N–H and O–H groups in total. The Morgan fingerprint density at radius 2 is 1.44 bits per heavy atom. The van der Waals surface area contributed by atoms with Crippen molar-refractivity contribution in [2.75, 3.05) is 5.32 Å². The number of anilines is 1. The van der Waals surface area contributed by atoms with Gasteiger partial charge in [-0.3, -0.25) is 0 Å². The lowest BCUT2D eigenvalue weighted by atomic mass is 9.96. The minimum absolute atomic E-state index is 0.161. The molecule has 0 fully saturated rings. The summed E-state index contributed by atoms with van der Waals surface area (Å²) in [7, 11) is 0. The van der Waals surface area contributed by atoms with Crippen LogP contribution in [0.3, 0.4) is 0 Å². The van der Waals surface area contributed by atoms with E-state index in [1.807, 2.05) is 48.5 Å². The van der Waals surface area contributed by atoms with Gasteiger partial charge in [-0.2, -0.15) is 0 Å². The number of halogens is 4. The maximum atomic E-state index is 10.7. The number of benzene rings is 3. The zero-order valence-corrected chi connectivity index (χ0v) is 18.0. The van der Waals surface area contributed by atoms with Crippen molar-refractivity contribution in [2.24, 2.45) is 0 Å². The zero-order chi connectivity index (χ0) is 19.4. The Balaban J connectivity index is 1.87. The van der Waals surface area contributed by atoms with Crippen molar-refractivity contribution in [1.29, 1.82) is 0 Å². The van der Waals surface area contributed by atoms with Crippen molar-refractivity contribution in [3.05, 3.63) is 97.4 Å². The molecule has 3 aromatic rings. The fourth-order valence-corrected chi connectivity index (χ4v) is 3.50. The summed E-state index contributed by atoms with van der Waals surface area (Å²) in [5.74, 6) is 0. The molecule has 0 heterocycles. The van der Waals surface area contributed by atoms with Crippen molar-refractivity contribution in [1.82, 2.24) is 0 Å². The third-order valence-corrected chi connectivity index (χ3v) is 5.76. The quantitative estimate of drug-likeness (QED) is 0.375. The maximum absolute atomic E-state index is 10.7. The first kappa shape index (κ1) is 20.5. The van der Waals surface area contributed by atoms with Crippen LogP contribution in [0, 0.1) is 0 Å². The van der Waals surface area contributed by atoms with Crippen LogP contribution in [0.5, 0.6) is 0 Å². The first-order valence-electron chi connectivity index (χ1n) is 8.33. The van der Waals surface area contributed by atoms with E-state index in [4.69, 9.17) is 34.8 Å². The van der Waals surface area contributed by atoms with E-state index in [1.165, 1.54) is 0 Å². The number of rotatable bonds is 6. The molecule has 0 spiro atoms. The van der Waals surface area contributed by atoms with Gasteiger partial charge in [0.1, 0.15) is 0 Å². The highest BCUT2D eigenvalue weighted by Gasteiger charge is 2.19. The van der Waals surface area contributed by atoms with E-state index in [1.54, 1.807) is 18.2 Å². The van der Waals surface area contributed by atoms with Gasteiger partial charge in [-0.15, -0.1) is 0 Å². The average molecular weight is 486 g/mol. The average Bonchev–Trinajstić information content (AvgIpc) is 2.65. The molecule has 6 heteroatoms.